The molecule has 0 fully saturated rings. The van der Waals surface area contributed by atoms with E-state index in [2.05, 4.69) is 15.6 Å². The predicted octanol–water partition coefficient (Wildman–Crippen LogP) is 4.46. The molecule has 3 amide bonds. The van der Waals surface area contributed by atoms with E-state index < -0.39 is 11.9 Å². The van der Waals surface area contributed by atoms with Crippen molar-refractivity contribution in [2.24, 2.45) is 0 Å². The van der Waals surface area contributed by atoms with Crippen LogP contribution in [-0.4, -0.2) is 16.9 Å². The van der Waals surface area contributed by atoms with Crippen molar-refractivity contribution >= 4 is 22.8 Å². The van der Waals surface area contributed by atoms with E-state index in [0.717, 1.165) is 16.5 Å². The molecule has 1 aromatic heterocycles. The standard InChI is InChI=1S/C24H19N3O2/c28-23(21-16-15-17-9-7-8-14-20(17)25-21)27-24(29)26-22(18-10-3-1-4-11-18)19-12-5-2-6-13-19/h1-16,22H,(H2,26,27,28,29). The SMILES string of the molecule is O=C(NC(=O)c1ccc2ccccc2n1)NC(c1ccccc1)c1ccccc1. The average Bonchev–Trinajstić information content (AvgIpc) is 2.78. The zero-order valence-electron chi connectivity index (χ0n) is 15.6. The molecule has 0 unspecified atom stereocenters. The summed E-state index contributed by atoms with van der Waals surface area (Å²) in [5.41, 5.74) is 2.73. The third-order valence-electron chi connectivity index (χ3n) is 4.60. The highest BCUT2D eigenvalue weighted by Crippen LogP contribution is 2.21. The Kier molecular flexibility index (Phi) is 5.29. The summed E-state index contributed by atoms with van der Waals surface area (Å²) in [5.74, 6) is -0.548. The number of rotatable bonds is 4. The van der Waals surface area contributed by atoms with Crippen molar-refractivity contribution in [1.82, 2.24) is 15.6 Å². The molecule has 29 heavy (non-hydrogen) atoms. The van der Waals surface area contributed by atoms with E-state index in [9.17, 15) is 9.59 Å². The number of nitrogens with one attached hydrogen (secondary N) is 2. The molecule has 3 aromatic carbocycles. The molecule has 1 heterocycles. The largest absolute Gasteiger partial charge is 0.327 e. The minimum Gasteiger partial charge on any atom is -0.327 e. The minimum atomic E-state index is -0.581. The van der Waals surface area contributed by atoms with Gasteiger partial charge in [0, 0.05) is 5.39 Å². The van der Waals surface area contributed by atoms with Crippen LogP contribution >= 0.6 is 0 Å². The summed E-state index contributed by atoms with van der Waals surface area (Å²) in [6.07, 6.45) is 0. The molecule has 0 saturated carbocycles. The Morgan fingerprint density at radius 3 is 1.93 bits per heavy atom. The van der Waals surface area contributed by atoms with Gasteiger partial charge in [-0.3, -0.25) is 10.1 Å². The van der Waals surface area contributed by atoms with Gasteiger partial charge in [0.25, 0.3) is 5.91 Å². The number of para-hydroxylation sites is 1. The van der Waals surface area contributed by atoms with Gasteiger partial charge in [0.05, 0.1) is 11.6 Å². The molecular weight excluding hydrogens is 362 g/mol. The van der Waals surface area contributed by atoms with Crippen molar-refractivity contribution in [3.63, 3.8) is 0 Å². The van der Waals surface area contributed by atoms with Gasteiger partial charge in [0.1, 0.15) is 5.69 Å². The Hall–Kier alpha value is -3.99. The second-order valence-electron chi connectivity index (χ2n) is 6.57. The number of pyridine rings is 1. The lowest BCUT2D eigenvalue weighted by molar-refractivity contribution is 0.0959. The summed E-state index contributed by atoms with van der Waals surface area (Å²) in [6, 6.07) is 29.2. The summed E-state index contributed by atoms with van der Waals surface area (Å²) in [4.78, 5) is 29.4. The Morgan fingerprint density at radius 1 is 0.690 bits per heavy atom. The summed E-state index contributed by atoms with van der Waals surface area (Å²) < 4.78 is 0. The lowest BCUT2D eigenvalue weighted by atomic mass is 9.99. The molecule has 0 saturated heterocycles. The van der Waals surface area contributed by atoms with Gasteiger partial charge < -0.3 is 5.32 Å². The number of aromatic nitrogens is 1. The van der Waals surface area contributed by atoms with E-state index in [4.69, 9.17) is 0 Å². The molecule has 0 spiro atoms. The highest BCUT2D eigenvalue weighted by Gasteiger charge is 2.19. The maximum absolute atomic E-state index is 12.6. The zero-order chi connectivity index (χ0) is 20.1. The lowest BCUT2D eigenvalue weighted by Crippen LogP contribution is -2.41. The molecule has 4 rings (SSSR count). The van der Waals surface area contributed by atoms with Crippen molar-refractivity contribution in [1.29, 1.82) is 0 Å². The fourth-order valence-electron chi connectivity index (χ4n) is 3.18. The van der Waals surface area contributed by atoms with Crippen LogP contribution in [0.5, 0.6) is 0 Å². The van der Waals surface area contributed by atoms with E-state index in [1.54, 1.807) is 6.07 Å². The number of carbonyl (C=O) groups is 2. The second kappa shape index (κ2) is 8.35. The highest BCUT2D eigenvalue weighted by atomic mass is 16.2. The Morgan fingerprint density at radius 2 is 1.28 bits per heavy atom. The Balaban J connectivity index is 1.52. The van der Waals surface area contributed by atoms with Gasteiger partial charge in [-0.2, -0.15) is 0 Å². The first-order valence-electron chi connectivity index (χ1n) is 9.28. The number of carbonyl (C=O) groups excluding carboxylic acids is 2. The fourth-order valence-corrected chi connectivity index (χ4v) is 3.18. The fraction of sp³-hybridized carbons (Fsp3) is 0.0417. The van der Waals surface area contributed by atoms with E-state index in [0.29, 0.717) is 5.52 Å². The number of benzene rings is 3. The topological polar surface area (TPSA) is 71.1 Å². The van der Waals surface area contributed by atoms with Gasteiger partial charge in [-0.15, -0.1) is 0 Å². The van der Waals surface area contributed by atoms with Crippen LogP contribution in [0, 0.1) is 0 Å². The zero-order valence-corrected chi connectivity index (χ0v) is 15.6. The van der Waals surface area contributed by atoms with Gasteiger partial charge in [-0.05, 0) is 23.3 Å². The van der Waals surface area contributed by atoms with Gasteiger partial charge in [0.2, 0.25) is 0 Å². The Labute approximate surface area is 168 Å². The molecule has 0 aliphatic rings. The Bertz CT molecular complexity index is 1100. The molecule has 0 aliphatic carbocycles. The van der Waals surface area contributed by atoms with Crippen LogP contribution in [0.15, 0.2) is 97.1 Å². The summed E-state index contributed by atoms with van der Waals surface area (Å²) in [6.45, 7) is 0. The van der Waals surface area contributed by atoms with Crippen molar-refractivity contribution < 1.29 is 9.59 Å². The normalized spacial score (nSPS) is 10.7. The number of imide groups is 1. The van der Waals surface area contributed by atoms with Crippen LogP contribution in [0.25, 0.3) is 10.9 Å². The van der Waals surface area contributed by atoms with Gasteiger partial charge in [-0.25, -0.2) is 9.78 Å². The summed E-state index contributed by atoms with van der Waals surface area (Å²) >= 11 is 0. The molecule has 5 heteroatoms. The molecule has 5 nitrogen and oxygen atoms in total. The van der Waals surface area contributed by atoms with Crippen molar-refractivity contribution in [2.45, 2.75) is 6.04 Å². The van der Waals surface area contributed by atoms with E-state index in [1.165, 1.54) is 0 Å². The number of nitrogens with zero attached hydrogens (tertiary/aromatic N) is 1. The number of amides is 3. The van der Waals surface area contributed by atoms with Crippen molar-refractivity contribution in [3.05, 3.63) is 114 Å². The number of hydrogen-bond acceptors (Lipinski definition) is 3. The third kappa shape index (κ3) is 4.30. The van der Waals surface area contributed by atoms with Crippen LogP contribution in [0.3, 0.4) is 0 Å². The van der Waals surface area contributed by atoms with Crippen LogP contribution in [0.4, 0.5) is 4.79 Å². The number of urea groups is 1. The molecule has 0 bridgehead atoms. The minimum absolute atomic E-state index is 0.190. The molecule has 0 aliphatic heterocycles. The van der Waals surface area contributed by atoms with E-state index in [-0.39, 0.29) is 11.7 Å². The molecule has 4 aromatic rings. The maximum Gasteiger partial charge on any atom is 0.322 e. The molecule has 0 radical (unpaired) electrons. The first kappa shape index (κ1) is 18.4. The molecule has 142 valence electrons. The van der Waals surface area contributed by atoms with Crippen LogP contribution < -0.4 is 10.6 Å². The number of hydrogen-bond donors (Lipinski definition) is 2. The quantitative estimate of drug-likeness (QED) is 0.548. The average molecular weight is 381 g/mol. The van der Waals surface area contributed by atoms with E-state index in [1.807, 2.05) is 91.0 Å². The van der Waals surface area contributed by atoms with Crippen LogP contribution in [0.2, 0.25) is 0 Å². The van der Waals surface area contributed by atoms with Crippen molar-refractivity contribution in [3.8, 4) is 0 Å². The highest BCUT2D eigenvalue weighted by molar-refractivity contribution is 6.04. The van der Waals surface area contributed by atoms with Crippen LogP contribution in [0.1, 0.15) is 27.7 Å². The van der Waals surface area contributed by atoms with Crippen molar-refractivity contribution in [2.75, 3.05) is 0 Å². The molecule has 2 N–H and O–H groups in total. The van der Waals surface area contributed by atoms with E-state index >= 15 is 0 Å². The lowest BCUT2D eigenvalue weighted by Gasteiger charge is -2.20. The molecule has 0 atom stereocenters. The number of fused-ring (bicyclic) bond motifs is 1. The smallest absolute Gasteiger partial charge is 0.322 e. The molecular formula is C24H19N3O2. The van der Waals surface area contributed by atoms with Gasteiger partial charge in [-0.1, -0.05) is 84.9 Å². The van der Waals surface area contributed by atoms with Gasteiger partial charge >= 0.3 is 6.03 Å². The van der Waals surface area contributed by atoms with Crippen LogP contribution in [-0.2, 0) is 0 Å². The maximum atomic E-state index is 12.6. The summed E-state index contributed by atoms with van der Waals surface area (Å²) in [7, 11) is 0. The first-order valence-corrected chi connectivity index (χ1v) is 9.28. The third-order valence-corrected chi connectivity index (χ3v) is 4.60. The predicted molar refractivity (Wildman–Crippen MR) is 112 cm³/mol. The first-order chi connectivity index (χ1) is 14.2. The van der Waals surface area contributed by atoms with Gasteiger partial charge in [0.15, 0.2) is 0 Å². The monoisotopic (exact) mass is 381 g/mol. The second-order valence-corrected chi connectivity index (χ2v) is 6.57. The summed E-state index contributed by atoms with van der Waals surface area (Å²) in [5, 5.41) is 6.20.